The van der Waals surface area contributed by atoms with E-state index in [0.717, 1.165) is 10.8 Å². The Bertz CT molecular complexity index is 1290. The number of nitrogens with one attached hydrogen (secondary N) is 3. The minimum Gasteiger partial charge on any atom is -0.465 e. The zero-order chi connectivity index (χ0) is 22.5. The monoisotopic (exact) mass is 428 g/mol. The molecule has 3 aromatic carbocycles. The highest BCUT2D eigenvalue weighted by Gasteiger charge is 2.13. The highest BCUT2D eigenvalue weighted by molar-refractivity contribution is 6.07. The molecular formula is C23H20N6O3. The van der Waals surface area contributed by atoms with Crippen LogP contribution in [0.5, 0.6) is 0 Å². The lowest BCUT2D eigenvalue weighted by Gasteiger charge is -2.14. The summed E-state index contributed by atoms with van der Waals surface area (Å²) in [5.74, 6) is -0.172. The van der Waals surface area contributed by atoms with Crippen molar-refractivity contribution >= 4 is 45.7 Å². The smallest absolute Gasteiger partial charge is 0.337 e. The highest BCUT2D eigenvalue weighted by Crippen LogP contribution is 2.26. The van der Waals surface area contributed by atoms with Crippen molar-refractivity contribution in [2.75, 3.05) is 23.6 Å². The van der Waals surface area contributed by atoms with E-state index in [-0.39, 0.29) is 17.4 Å². The van der Waals surface area contributed by atoms with Crippen molar-refractivity contribution < 1.29 is 14.3 Å². The number of esters is 1. The molecule has 0 saturated carbocycles. The number of ether oxygens (including phenoxy) is 1. The summed E-state index contributed by atoms with van der Waals surface area (Å²) in [5, 5.41) is 4.86. The standard InChI is InChI=1S/C23H20N6O3/c1-32-23(31)15-9-11-16(12-10-15)27-20-19(24)21(26-13-25-20)28-29-22(30)18-8-4-6-14-5-2-3-7-17(14)18/h2-13H,24H2,1H3,(H,29,30)(H2,25,26,27,28). The number of benzene rings is 3. The summed E-state index contributed by atoms with van der Waals surface area (Å²) in [6, 6.07) is 19.8. The molecule has 32 heavy (non-hydrogen) atoms. The first kappa shape index (κ1) is 20.6. The van der Waals surface area contributed by atoms with Crippen LogP contribution in [0, 0.1) is 0 Å². The van der Waals surface area contributed by atoms with Crippen LogP contribution in [0.2, 0.25) is 0 Å². The van der Waals surface area contributed by atoms with Gasteiger partial charge in [0.05, 0.1) is 12.7 Å². The molecule has 0 unspecified atom stereocenters. The van der Waals surface area contributed by atoms with Crippen molar-refractivity contribution in [3.63, 3.8) is 0 Å². The largest absolute Gasteiger partial charge is 0.465 e. The number of aromatic nitrogens is 2. The van der Waals surface area contributed by atoms with Crippen molar-refractivity contribution in [2.24, 2.45) is 0 Å². The lowest BCUT2D eigenvalue weighted by atomic mass is 10.0. The zero-order valence-electron chi connectivity index (χ0n) is 17.1. The number of hydrazine groups is 1. The van der Waals surface area contributed by atoms with E-state index in [1.807, 2.05) is 36.4 Å². The van der Waals surface area contributed by atoms with Gasteiger partial charge in [0.25, 0.3) is 5.91 Å². The van der Waals surface area contributed by atoms with E-state index in [9.17, 15) is 9.59 Å². The third-order valence-corrected chi connectivity index (χ3v) is 4.78. The summed E-state index contributed by atoms with van der Waals surface area (Å²) < 4.78 is 4.69. The second-order valence-corrected chi connectivity index (χ2v) is 6.78. The fourth-order valence-corrected chi connectivity index (χ4v) is 3.15. The highest BCUT2D eigenvalue weighted by atomic mass is 16.5. The quantitative estimate of drug-likeness (QED) is 0.271. The summed E-state index contributed by atoms with van der Waals surface area (Å²) in [5.41, 5.74) is 13.4. The first-order chi connectivity index (χ1) is 15.6. The summed E-state index contributed by atoms with van der Waals surface area (Å²) >= 11 is 0. The Hall–Kier alpha value is -4.66. The fraction of sp³-hybridized carbons (Fsp3) is 0.0435. The van der Waals surface area contributed by atoms with Crippen LogP contribution in [-0.2, 0) is 4.74 Å². The zero-order valence-corrected chi connectivity index (χ0v) is 17.1. The molecular weight excluding hydrogens is 408 g/mol. The van der Waals surface area contributed by atoms with Crippen molar-refractivity contribution in [2.45, 2.75) is 0 Å². The van der Waals surface area contributed by atoms with Gasteiger partial charge in [-0.2, -0.15) is 0 Å². The molecule has 1 aromatic heterocycles. The molecule has 5 N–H and O–H groups in total. The summed E-state index contributed by atoms with van der Waals surface area (Å²) in [4.78, 5) is 32.5. The molecule has 0 atom stereocenters. The number of nitrogen functional groups attached to an aromatic ring is 1. The lowest BCUT2D eigenvalue weighted by molar-refractivity contribution is 0.0600. The lowest BCUT2D eigenvalue weighted by Crippen LogP contribution is -2.30. The summed E-state index contributed by atoms with van der Waals surface area (Å²) in [6.45, 7) is 0. The summed E-state index contributed by atoms with van der Waals surface area (Å²) in [7, 11) is 1.32. The second-order valence-electron chi connectivity index (χ2n) is 6.78. The van der Waals surface area contributed by atoms with E-state index in [4.69, 9.17) is 5.73 Å². The molecule has 1 heterocycles. The van der Waals surface area contributed by atoms with E-state index >= 15 is 0 Å². The van der Waals surface area contributed by atoms with Gasteiger partial charge in [-0.05, 0) is 41.1 Å². The average Bonchev–Trinajstić information content (AvgIpc) is 2.84. The number of nitrogens with two attached hydrogens (primary N) is 1. The molecule has 0 aliphatic heterocycles. The maximum Gasteiger partial charge on any atom is 0.337 e. The van der Waals surface area contributed by atoms with E-state index in [1.54, 1.807) is 30.3 Å². The summed E-state index contributed by atoms with van der Waals surface area (Å²) in [6.07, 6.45) is 1.31. The van der Waals surface area contributed by atoms with Crippen molar-refractivity contribution in [1.29, 1.82) is 0 Å². The Morgan fingerprint density at radius 1 is 0.906 bits per heavy atom. The van der Waals surface area contributed by atoms with Crippen molar-refractivity contribution in [3.8, 4) is 0 Å². The Labute approximate surface area is 183 Å². The Balaban J connectivity index is 1.48. The number of rotatable bonds is 6. The van der Waals surface area contributed by atoms with Gasteiger partial charge in [-0.15, -0.1) is 0 Å². The van der Waals surface area contributed by atoms with Crippen LogP contribution in [0.15, 0.2) is 73.1 Å². The van der Waals surface area contributed by atoms with Crippen molar-refractivity contribution in [3.05, 3.63) is 84.2 Å². The van der Waals surface area contributed by atoms with E-state index in [0.29, 0.717) is 22.6 Å². The molecule has 4 rings (SSSR count). The number of nitrogens with zero attached hydrogens (tertiary/aromatic N) is 2. The van der Waals surface area contributed by atoms with E-state index in [2.05, 4.69) is 30.9 Å². The molecule has 0 fully saturated rings. The van der Waals surface area contributed by atoms with Crippen LogP contribution < -0.4 is 21.9 Å². The van der Waals surface area contributed by atoms with Crippen LogP contribution in [0.3, 0.4) is 0 Å². The third-order valence-electron chi connectivity index (χ3n) is 4.78. The minimum absolute atomic E-state index is 0.211. The van der Waals surface area contributed by atoms with Gasteiger partial charge in [0, 0.05) is 11.3 Å². The van der Waals surface area contributed by atoms with Crippen LogP contribution in [0.1, 0.15) is 20.7 Å². The number of anilines is 4. The number of hydrogen-bond donors (Lipinski definition) is 4. The molecule has 1 amide bonds. The van der Waals surface area contributed by atoms with E-state index in [1.165, 1.54) is 13.4 Å². The normalized spacial score (nSPS) is 10.4. The SMILES string of the molecule is COC(=O)c1ccc(Nc2ncnc(NNC(=O)c3cccc4ccccc34)c2N)cc1. The minimum atomic E-state index is -0.425. The maximum atomic E-state index is 12.7. The molecule has 160 valence electrons. The first-order valence-corrected chi connectivity index (χ1v) is 9.67. The number of amides is 1. The van der Waals surface area contributed by atoms with Crippen LogP contribution in [-0.4, -0.2) is 29.0 Å². The molecule has 4 aromatic rings. The molecule has 0 aliphatic carbocycles. The predicted octanol–water partition coefficient (Wildman–Crippen LogP) is 3.50. The van der Waals surface area contributed by atoms with Crippen LogP contribution in [0.25, 0.3) is 10.8 Å². The Kier molecular flexibility index (Phi) is 5.80. The average molecular weight is 428 g/mol. The molecule has 0 aliphatic rings. The van der Waals surface area contributed by atoms with Gasteiger partial charge >= 0.3 is 5.97 Å². The first-order valence-electron chi connectivity index (χ1n) is 9.67. The third kappa shape index (κ3) is 4.26. The molecule has 0 spiro atoms. The Morgan fingerprint density at radius 3 is 2.41 bits per heavy atom. The number of hydrogen-bond acceptors (Lipinski definition) is 8. The molecule has 0 saturated heterocycles. The van der Waals surface area contributed by atoms with Gasteiger partial charge in [0.1, 0.15) is 12.0 Å². The van der Waals surface area contributed by atoms with Gasteiger partial charge in [0.15, 0.2) is 11.6 Å². The maximum absolute atomic E-state index is 12.7. The van der Waals surface area contributed by atoms with E-state index < -0.39 is 5.97 Å². The molecule has 9 heteroatoms. The van der Waals surface area contributed by atoms with Gasteiger partial charge in [-0.3, -0.25) is 15.6 Å². The topological polar surface area (TPSA) is 131 Å². The van der Waals surface area contributed by atoms with Crippen LogP contribution >= 0.6 is 0 Å². The second kappa shape index (κ2) is 9.00. The van der Waals surface area contributed by atoms with Gasteiger partial charge in [0.2, 0.25) is 0 Å². The predicted molar refractivity (Wildman–Crippen MR) is 123 cm³/mol. The van der Waals surface area contributed by atoms with Crippen molar-refractivity contribution in [1.82, 2.24) is 15.4 Å². The Morgan fingerprint density at radius 2 is 1.62 bits per heavy atom. The molecule has 0 bridgehead atoms. The fourth-order valence-electron chi connectivity index (χ4n) is 3.15. The number of methoxy groups -OCH3 is 1. The molecule has 0 radical (unpaired) electrons. The number of carbonyl (C=O) groups excluding carboxylic acids is 2. The number of carbonyl (C=O) groups is 2. The molecule has 9 nitrogen and oxygen atoms in total. The van der Waals surface area contributed by atoms with Gasteiger partial charge < -0.3 is 15.8 Å². The van der Waals surface area contributed by atoms with Crippen LogP contribution in [0.4, 0.5) is 23.0 Å². The number of fused-ring (bicyclic) bond motifs is 1. The van der Waals surface area contributed by atoms with Gasteiger partial charge in [-0.25, -0.2) is 14.8 Å². The van der Waals surface area contributed by atoms with Gasteiger partial charge in [-0.1, -0.05) is 36.4 Å².